The van der Waals surface area contributed by atoms with Crippen molar-refractivity contribution in [2.45, 2.75) is 37.8 Å². The smallest absolute Gasteiger partial charge is 0.252 e. The Morgan fingerprint density at radius 1 is 1.00 bits per heavy atom. The van der Waals surface area contributed by atoms with Gasteiger partial charge in [0.25, 0.3) is 5.91 Å². The largest absolute Gasteiger partial charge is 0.365 e. The second kappa shape index (κ2) is 9.45. The number of primary amides is 1. The number of halogens is 3. The van der Waals surface area contributed by atoms with E-state index in [9.17, 15) is 18.0 Å². The first-order valence-corrected chi connectivity index (χ1v) is 10.5. The van der Waals surface area contributed by atoms with Crippen molar-refractivity contribution in [3.05, 3.63) is 65.6 Å². The van der Waals surface area contributed by atoms with Gasteiger partial charge in [-0.15, -0.1) is 0 Å². The number of hydrogen-bond acceptors (Lipinski definition) is 6. The van der Waals surface area contributed by atoms with Crippen LogP contribution in [0, 0.1) is 17.5 Å². The number of aromatic nitrogens is 2. The third-order valence-electron chi connectivity index (χ3n) is 5.61. The molecular weight excluding hydrogens is 433 g/mol. The maximum absolute atomic E-state index is 14.7. The molecule has 7 nitrogen and oxygen atoms in total. The fourth-order valence-corrected chi connectivity index (χ4v) is 3.87. The number of anilines is 3. The molecule has 2 atom stereocenters. The molecule has 1 saturated carbocycles. The molecule has 1 fully saturated rings. The third kappa shape index (κ3) is 5.06. The summed E-state index contributed by atoms with van der Waals surface area (Å²) in [6, 6.07) is 6.75. The van der Waals surface area contributed by atoms with E-state index in [1.807, 2.05) is 0 Å². The number of rotatable bonds is 6. The van der Waals surface area contributed by atoms with Crippen molar-refractivity contribution in [2.75, 3.05) is 10.6 Å². The van der Waals surface area contributed by atoms with Gasteiger partial charge in [-0.2, -0.15) is 0 Å². The van der Waals surface area contributed by atoms with E-state index in [1.165, 1.54) is 12.3 Å². The first-order chi connectivity index (χ1) is 15.8. The highest BCUT2D eigenvalue weighted by atomic mass is 19.1. The maximum Gasteiger partial charge on any atom is 0.252 e. The summed E-state index contributed by atoms with van der Waals surface area (Å²) in [6.07, 6.45) is 4.96. The molecule has 1 aliphatic carbocycles. The van der Waals surface area contributed by atoms with Crippen LogP contribution in [0.2, 0.25) is 0 Å². The molecular formula is C23H23F3N6O. The predicted molar refractivity (Wildman–Crippen MR) is 119 cm³/mol. The number of nitrogens with one attached hydrogen (secondary N) is 2. The van der Waals surface area contributed by atoms with Crippen LogP contribution in [0.4, 0.5) is 30.5 Å². The van der Waals surface area contributed by atoms with E-state index in [0.717, 1.165) is 49.9 Å². The number of nitrogens with zero attached hydrogens (tertiary/aromatic N) is 2. The van der Waals surface area contributed by atoms with Crippen LogP contribution in [-0.4, -0.2) is 28.0 Å². The number of carbonyl (C=O) groups excluding carboxylic acids is 1. The number of benzene rings is 1. The van der Waals surface area contributed by atoms with E-state index >= 15 is 0 Å². The molecule has 0 bridgehead atoms. The second-order valence-corrected chi connectivity index (χ2v) is 7.96. The number of nitrogens with two attached hydrogens (primary N) is 2. The molecule has 0 spiro atoms. The molecule has 0 radical (unpaired) electrons. The summed E-state index contributed by atoms with van der Waals surface area (Å²) in [5.74, 6) is -2.92. The highest BCUT2D eigenvalue weighted by Gasteiger charge is 2.24. The second-order valence-electron chi connectivity index (χ2n) is 7.96. The molecule has 6 N–H and O–H groups in total. The molecule has 1 aromatic carbocycles. The van der Waals surface area contributed by atoms with Crippen molar-refractivity contribution in [1.82, 2.24) is 9.97 Å². The third-order valence-corrected chi connectivity index (χ3v) is 5.61. The molecule has 0 aliphatic heterocycles. The maximum atomic E-state index is 14.7. The summed E-state index contributed by atoms with van der Waals surface area (Å²) < 4.78 is 42.5. The number of carbonyl (C=O) groups is 1. The van der Waals surface area contributed by atoms with Gasteiger partial charge in [-0.3, -0.25) is 9.78 Å². The van der Waals surface area contributed by atoms with Gasteiger partial charge < -0.3 is 22.1 Å². The van der Waals surface area contributed by atoms with Crippen molar-refractivity contribution in [3.63, 3.8) is 0 Å². The average Bonchev–Trinajstić information content (AvgIpc) is 2.79. The normalized spacial score (nSPS) is 18.1. The van der Waals surface area contributed by atoms with Crippen LogP contribution in [0.1, 0.15) is 36.0 Å². The number of pyridine rings is 2. The van der Waals surface area contributed by atoms with Crippen LogP contribution < -0.4 is 22.1 Å². The molecule has 1 amide bonds. The standard InChI is InChI=1S/C23H23F3N6O/c24-12-5-6-16(25)14(9-12)20-10-13(7-8-29-20)30-22-15(21(28)33)11-17(26)23(32-22)31-19-4-2-1-3-18(19)27/h5-11,18-19H,1-4,27H2,(H2,28,33)(H2,29,30,31,32). The van der Waals surface area contributed by atoms with Crippen molar-refractivity contribution < 1.29 is 18.0 Å². The SMILES string of the molecule is NC(=O)c1cc(F)c(NC2CCCCC2N)nc1Nc1ccnc(-c2cc(F)ccc2F)c1. The van der Waals surface area contributed by atoms with Crippen LogP contribution in [0.15, 0.2) is 42.6 Å². The fourth-order valence-electron chi connectivity index (χ4n) is 3.87. The highest BCUT2D eigenvalue weighted by Crippen LogP contribution is 2.29. The molecule has 3 aromatic rings. The molecule has 1 aliphatic rings. The molecule has 0 saturated heterocycles. The highest BCUT2D eigenvalue weighted by molar-refractivity contribution is 5.98. The first-order valence-electron chi connectivity index (χ1n) is 10.5. The van der Waals surface area contributed by atoms with Gasteiger partial charge in [-0.1, -0.05) is 12.8 Å². The first kappa shape index (κ1) is 22.5. The average molecular weight is 456 g/mol. The number of amides is 1. The van der Waals surface area contributed by atoms with E-state index < -0.39 is 23.4 Å². The summed E-state index contributed by atoms with van der Waals surface area (Å²) >= 11 is 0. The van der Waals surface area contributed by atoms with E-state index in [2.05, 4.69) is 20.6 Å². The van der Waals surface area contributed by atoms with Gasteiger partial charge in [-0.05, 0) is 49.2 Å². The van der Waals surface area contributed by atoms with Crippen molar-refractivity contribution in [3.8, 4) is 11.3 Å². The lowest BCUT2D eigenvalue weighted by Crippen LogP contribution is -2.43. The summed E-state index contributed by atoms with van der Waals surface area (Å²) in [7, 11) is 0. The lowest BCUT2D eigenvalue weighted by molar-refractivity contribution is 0.100. The van der Waals surface area contributed by atoms with Gasteiger partial charge in [0, 0.05) is 29.5 Å². The Bertz CT molecular complexity index is 1190. The minimum atomic E-state index is -0.879. The zero-order valence-electron chi connectivity index (χ0n) is 17.6. The Hall–Kier alpha value is -3.66. The minimum Gasteiger partial charge on any atom is -0.365 e. The van der Waals surface area contributed by atoms with Crippen LogP contribution in [0.5, 0.6) is 0 Å². The van der Waals surface area contributed by atoms with Crippen molar-refractivity contribution in [2.24, 2.45) is 11.5 Å². The molecule has 33 heavy (non-hydrogen) atoms. The van der Waals surface area contributed by atoms with Crippen LogP contribution >= 0.6 is 0 Å². The van der Waals surface area contributed by atoms with E-state index in [4.69, 9.17) is 11.5 Å². The van der Waals surface area contributed by atoms with Gasteiger partial charge in [0.05, 0.1) is 11.3 Å². The zero-order valence-corrected chi connectivity index (χ0v) is 17.6. The Morgan fingerprint density at radius 3 is 2.55 bits per heavy atom. The summed E-state index contributed by atoms with van der Waals surface area (Å²) in [5, 5.41) is 5.94. The molecule has 4 rings (SSSR count). The Labute approximate surface area is 188 Å². The molecule has 10 heteroatoms. The minimum absolute atomic E-state index is 0.00708. The lowest BCUT2D eigenvalue weighted by atomic mass is 9.91. The molecule has 2 heterocycles. The Morgan fingerprint density at radius 2 is 1.79 bits per heavy atom. The predicted octanol–water partition coefficient (Wildman–Crippen LogP) is 4.09. The van der Waals surface area contributed by atoms with Gasteiger partial charge >= 0.3 is 0 Å². The van der Waals surface area contributed by atoms with Crippen LogP contribution in [-0.2, 0) is 0 Å². The van der Waals surface area contributed by atoms with Gasteiger partial charge in [-0.25, -0.2) is 18.2 Å². The van der Waals surface area contributed by atoms with Gasteiger partial charge in [0.15, 0.2) is 11.6 Å². The summed E-state index contributed by atoms with van der Waals surface area (Å²) in [5.41, 5.74) is 11.9. The molecule has 172 valence electrons. The summed E-state index contributed by atoms with van der Waals surface area (Å²) in [6.45, 7) is 0. The monoisotopic (exact) mass is 456 g/mol. The van der Waals surface area contributed by atoms with E-state index in [0.29, 0.717) is 5.69 Å². The topological polar surface area (TPSA) is 119 Å². The van der Waals surface area contributed by atoms with Crippen LogP contribution in [0.25, 0.3) is 11.3 Å². The molecule has 2 unspecified atom stereocenters. The lowest BCUT2D eigenvalue weighted by Gasteiger charge is -2.30. The van der Waals surface area contributed by atoms with Gasteiger partial charge in [0.1, 0.15) is 17.5 Å². The van der Waals surface area contributed by atoms with Crippen molar-refractivity contribution in [1.29, 1.82) is 0 Å². The van der Waals surface area contributed by atoms with Crippen molar-refractivity contribution >= 4 is 23.2 Å². The Balaban J connectivity index is 1.67. The zero-order chi connectivity index (χ0) is 23.5. The quantitative estimate of drug-likeness (QED) is 0.444. The number of hydrogen-bond donors (Lipinski definition) is 4. The molecule has 2 aromatic heterocycles. The Kier molecular flexibility index (Phi) is 6.45. The summed E-state index contributed by atoms with van der Waals surface area (Å²) in [4.78, 5) is 20.2. The van der Waals surface area contributed by atoms with E-state index in [-0.39, 0.29) is 40.5 Å². The fraction of sp³-hybridized carbons (Fsp3) is 0.261. The van der Waals surface area contributed by atoms with Gasteiger partial charge in [0.2, 0.25) is 0 Å². The van der Waals surface area contributed by atoms with E-state index in [1.54, 1.807) is 6.07 Å². The van der Waals surface area contributed by atoms with Crippen LogP contribution in [0.3, 0.4) is 0 Å².